The van der Waals surface area contributed by atoms with Gasteiger partial charge in [0.25, 0.3) is 0 Å². The molecule has 0 aliphatic carbocycles. The van der Waals surface area contributed by atoms with E-state index >= 15 is 0 Å². The van der Waals surface area contributed by atoms with E-state index in [-0.39, 0.29) is 0 Å². The maximum atomic E-state index is 11.0. The lowest BCUT2D eigenvalue weighted by Crippen LogP contribution is -2.24. The predicted molar refractivity (Wildman–Crippen MR) is 54.0 cm³/mol. The summed E-state index contributed by atoms with van der Waals surface area (Å²) >= 11 is 3.25. The van der Waals surface area contributed by atoms with Crippen molar-refractivity contribution in [2.75, 3.05) is 7.11 Å². The lowest BCUT2D eigenvalue weighted by atomic mass is 10.4. The van der Waals surface area contributed by atoms with Crippen molar-refractivity contribution in [2.24, 2.45) is 0 Å². The molecule has 1 unspecified atom stereocenters. The van der Waals surface area contributed by atoms with Crippen LogP contribution in [0.1, 0.15) is 6.92 Å². The Labute approximate surface area is 90.4 Å². The lowest BCUT2D eigenvalue weighted by molar-refractivity contribution is -0.147. The number of hydrogen-bond acceptors (Lipinski definition) is 4. The van der Waals surface area contributed by atoms with Crippen molar-refractivity contribution >= 4 is 21.9 Å². The number of carbonyl (C=O) groups excluding carboxylic acids is 1. The van der Waals surface area contributed by atoms with Crippen LogP contribution in [0.15, 0.2) is 22.9 Å². The Morgan fingerprint density at radius 3 is 2.86 bits per heavy atom. The zero-order valence-electron chi connectivity index (χ0n) is 7.86. The highest BCUT2D eigenvalue weighted by atomic mass is 79.9. The summed E-state index contributed by atoms with van der Waals surface area (Å²) in [6.45, 7) is 1.62. The number of nitrogens with zero attached hydrogens (tertiary/aromatic N) is 1. The minimum atomic E-state index is -0.629. The summed E-state index contributed by atoms with van der Waals surface area (Å²) in [6.07, 6.45) is 2.54. The fourth-order valence-electron chi connectivity index (χ4n) is 0.875. The average Bonchev–Trinajstić information content (AvgIpc) is 2.16. The molecule has 1 atom stereocenters. The van der Waals surface area contributed by atoms with Gasteiger partial charge in [0.05, 0.1) is 13.3 Å². The minimum absolute atomic E-state index is 0.412. The van der Waals surface area contributed by atoms with Crippen molar-refractivity contribution in [2.45, 2.75) is 13.0 Å². The Hall–Kier alpha value is -1.10. The van der Waals surface area contributed by atoms with E-state index in [1.807, 2.05) is 0 Å². The monoisotopic (exact) mass is 259 g/mol. The summed E-state index contributed by atoms with van der Waals surface area (Å²) in [5.74, 6) is 0.113. The smallest absolute Gasteiger partial charge is 0.346 e. The maximum absolute atomic E-state index is 11.0. The zero-order valence-corrected chi connectivity index (χ0v) is 9.45. The second-order valence-corrected chi connectivity index (χ2v) is 3.54. The Morgan fingerprint density at radius 2 is 2.29 bits per heavy atom. The van der Waals surface area contributed by atoms with E-state index in [9.17, 15) is 4.79 Å². The van der Waals surface area contributed by atoms with Gasteiger partial charge in [0, 0.05) is 10.7 Å². The predicted octanol–water partition coefficient (Wildman–Crippen LogP) is 1.78. The molecule has 5 heteroatoms. The summed E-state index contributed by atoms with van der Waals surface area (Å²) in [5, 5.41) is 0. The molecular formula is C9H10BrNO3. The van der Waals surface area contributed by atoms with Gasteiger partial charge in [-0.2, -0.15) is 0 Å². The molecule has 0 spiro atoms. The fourth-order valence-corrected chi connectivity index (χ4v) is 1.22. The topological polar surface area (TPSA) is 48.4 Å². The van der Waals surface area contributed by atoms with Crippen LogP contribution < -0.4 is 4.74 Å². The quantitative estimate of drug-likeness (QED) is 0.777. The molecule has 1 aromatic heterocycles. The van der Waals surface area contributed by atoms with E-state index < -0.39 is 12.1 Å². The lowest BCUT2D eigenvalue weighted by Gasteiger charge is -2.11. The van der Waals surface area contributed by atoms with Gasteiger partial charge in [0.15, 0.2) is 6.10 Å². The first-order valence-electron chi connectivity index (χ1n) is 3.98. The van der Waals surface area contributed by atoms with Crippen molar-refractivity contribution < 1.29 is 14.3 Å². The van der Waals surface area contributed by atoms with Crippen molar-refractivity contribution in [1.82, 2.24) is 4.98 Å². The highest BCUT2D eigenvalue weighted by Gasteiger charge is 2.14. The summed E-state index contributed by atoms with van der Waals surface area (Å²) in [5.41, 5.74) is 0. The first-order valence-corrected chi connectivity index (χ1v) is 4.78. The Kier molecular flexibility index (Phi) is 3.88. The van der Waals surface area contributed by atoms with Crippen molar-refractivity contribution in [1.29, 1.82) is 0 Å². The largest absolute Gasteiger partial charge is 0.477 e. The molecule has 4 nitrogen and oxygen atoms in total. The molecule has 76 valence electrons. The molecule has 0 aliphatic rings. The van der Waals surface area contributed by atoms with E-state index in [2.05, 4.69) is 25.7 Å². The van der Waals surface area contributed by atoms with Crippen LogP contribution in [0.25, 0.3) is 0 Å². The molecule has 14 heavy (non-hydrogen) atoms. The number of ether oxygens (including phenoxy) is 2. The maximum Gasteiger partial charge on any atom is 0.346 e. The first-order chi connectivity index (χ1) is 6.63. The van der Waals surface area contributed by atoms with E-state index in [1.54, 1.807) is 19.2 Å². The van der Waals surface area contributed by atoms with Crippen LogP contribution >= 0.6 is 15.9 Å². The summed E-state index contributed by atoms with van der Waals surface area (Å²) in [6, 6.07) is 1.73. The molecule has 0 radical (unpaired) electrons. The molecule has 1 aromatic rings. The Morgan fingerprint density at radius 1 is 1.57 bits per heavy atom. The molecule has 0 aliphatic heterocycles. The van der Waals surface area contributed by atoms with E-state index in [1.165, 1.54) is 13.3 Å². The number of methoxy groups -OCH3 is 1. The first kappa shape index (κ1) is 11.0. The van der Waals surface area contributed by atoms with Crippen molar-refractivity contribution in [3.05, 3.63) is 22.9 Å². The zero-order chi connectivity index (χ0) is 10.6. The molecule has 0 aromatic carbocycles. The van der Waals surface area contributed by atoms with Gasteiger partial charge in [0.2, 0.25) is 0 Å². The minimum Gasteiger partial charge on any atom is -0.477 e. The van der Waals surface area contributed by atoms with Gasteiger partial charge >= 0.3 is 5.97 Å². The molecule has 1 rings (SSSR count). The van der Waals surface area contributed by atoms with E-state index in [0.717, 1.165) is 4.47 Å². The number of carbonyl (C=O) groups is 1. The van der Waals surface area contributed by atoms with Crippen LogP contribution in [0.2, 0.25) is 0 Å². The summed E-state index contributed by atoms with van der Waals surface area (Å²) in [7, 11) is 1.32. The molecule has 0 amide bonds. The van der Waals surface area contributed by atoms with Gasteiger partial charge in [-0.3, -0.25) is 4.98 Å². The third-order valence-corrected chi connectivity index (χ3v) is 1.96. The number of pyridine rings is 1. The van der Waals surface area contributed by atoms with Crippen LogP contribution in [0.5, 0.6) is 5.75 Å². The molecule has 0 bridgehead atoms. The standard InChI is InChI=1S/C9H10BrNO3/c1-6(9(12)13-2)14-8-3-7(10)4-11-5-8/h3-6H,1-2H3. The SMILES string of the molecule is COC(=O)C(C)Oc1cncc(Br)c1. The highest BCUT2D eigenvalue weighted by Crippen LogP contribution is 2.17. The van der Waals surface area contributed by atoms with Crippen LogP contribution in [0.4, 0.5) is 0 Å². The normalized spacial score (nSPS) is 11.9. The molecule has 0 N–H and O–H groups in total. The van der Waals surface area contributed by atoms with Gasteiger partial charge in [-0.25, -0.2) is 4.79 Å². The Balaban J connectivity index is 2.64. The number of aromatic nitrogens is 1. The third kappa shape index (κ3) is 2.99. The summed E-state index contributed by atoms with van der Waals surface area (Å²) < 4.78 is 10.6. The molecule has 0 saturated heterocycles. The van der Waals surface area contributed by atoms with Crippen molar-refractivity contribution in [3.63, 3.8) is 0 Å². The van der Waals surface area contributed by atoms with Crippen molar-refractivity contribution in [3.8, 4) is 5.75 Å². The van der Waals surface area contributed by atoms with Crippen LogP contribution in [0, 0.1) is 0 Å². The number of hydrogen-bond donors (Lipinski definition) is 0. The van der Waals surface area contributed by atoms with Crippen LogP contribution in [0.3, 0.4) is 0 Å². The second kappa shape index (κ2) is 4.95. The molecule has 1 heterocycles. The summed E-state index contributed by atoms with van der Waals surface area (Å²) in [4.78, 5) is 14.9. The highest BCUT2D eigenvalue weighted by molar-refractivity contribution is 9.10. The third-order valence-electron chi connectivity index (χ3n) is 1.53. The molecular weight excluding hydrogens is 250 g/mol. The van der Waals surface area contributed by atoms with Gasteiger partial charge in [-0.15, -0.1) is 0 Å². The Bertz CT molecular complexity index is 330. The number of esters is 1. The van der Waals surface area contributed by atoms with Gasteiger partial charge in [0.1, 0.15) is 5.75 Å². The molecule has 0 saturated carbocycles. The molecule has 0 fully saturated rings. The average molecular weight is 260 g/mol. The second-order valence-electron chi connectivity index (χ2n) is 2.62. The van der Waals surface area contributed by atoms with Gasteiger partial charge < -0.3 is 9.47 Å². The van der Waals surface area contributed by atoms with Gasteiger partial charge in [-0.05, 0) is 28.9 Å². The van der Waals surface area contributed by atoms with Gasteiger partial charge in [-0.1, -0.05) is 0 Å². The number of halogens is 1. The number of rotatable bonds is 3. The van der Waals surface area contributed by atoms with Crippen LogP contribution in [-0.2, 0) is 9.53 Å². The van der Waals surface area contributed by atoms with Crippen LogP contribution in [-0.4, -0.2) is 24.2 Å². The van der Waals surface area contributed by atoms with E-state index in [0.29, 0.717) is 5.75 Å². The fraction of sp³-hybridized carbons (Fsp3) is 0.333. The van der Waals surface area contributed by atoms with E-state index in [4.69, 9.17) is 4.74 Å².